The molecule has 1 aliphatic carbocycles. The Hall–Kier alpha value is -3.70. The third-order valence-corrected chi connectivity index (χ3v) is 7.70. The smallest absolute Gasteiger partial charge is 0.276 e. The molecule has 0 spiro atoms. The van der Waals surface area contributed by atoms with Crippen LogP contribution in [0.2, 0.25) is 0 Å². The van der Waals surface area contributed by atoms with E-state index in [1.807, 2.05) is 4.90 Å². The summed E-state index contributed by atoms with van der Waals surface area (Å²) in [5.41, 5.74) is -1.33. The van der Waals surface area contributed by atoms with Crippen LogP contribution >= 0.6 is 0 Å². The van der Waals surface area contributed by atoms with Crippen LogP contribution in [0.25, 0.3) is 10.9 Å². The molecule has 5 rings (SSSR count). The van der Waals surface area contributed by atoms with Crippen molar-refractivity contribution in [3.05, 3.63) is 57.5 Å². The molecule has 39 heavy (non-hydrogen) atoms. The van der Waals surface area contributed by atoms with Crippen LogP contribution in [0, 0.1) is 12.7 Å². The van der Waals surface area contributed by atoms with E-state index in [9.17, 15) is 27.2 Å². The quantitative estimate of drug-likeness (QED) is 0.440. The Bertz CT molecular complexity index is 1480. The molecule has 2 aliphatic rings. The number of benzene rings is 1. The van der Waals surface area contributed by atoms with Crippen LogP contribution in [0.4, 0.5) is 29.1 Å². The third-order valence-electron chi connectivity index (χ3n) is 7.70. The molecule has 0 bridgehead atoms. The minimum Gasteiger partial charge on any atom is -0.363 e. The molecule has 3 aromatic rings. The average molecular weight is 547 g/mol. The maximum absolute atomic E-state index is 14.9. The summed E-state index contributed by atoms with van der Waals surface area (Å²) in [6, 6.07) is 3.08. The minimum absolute atomic E-state index is 0.0357. The number of rotatable bonds is 7. The van der Waals surface area contributed by atoms with Crippen LogP contribution in [-0.2, 0) is 10.3 Å². The number of nitrogens with zero attached hydrogens (tertiary/aromatic N) is 5. The first-order valence-corrected chi connectivity index (χ1v) is 12.9. The molecule has 1 aromatic carbocycles. The van der Waals surface area contributed by atoms with Gasteiger partial charge in [0.05, 0.1) is 22.5 Å². The molecular weight excluding hydrogens is 516 g/mol. The molecule has 208 valence electrons. The Kier molecular flexibility index (Phi) is 6.98. The number of aryl methyl sites for hydroxylation is 1. The number of piperazine rings is 1. The second kappa shape index (κ2) is 10.1. The SMILES string of the molecule is CC(=O)N1CCN(c2c(=O)n(C3(CF)CC3)cc3c(N[C@H](C)c4cccc(C(F)F)c4F)nc(C)nc23)CC1. The Labute approximate surface area is 222 Å². The molecule has 1 saturated carbocycles. The summed E-state index contributed by atoms with van der Waals surface area (Å²) < 4.78 is 57.1. The summed E-state index contributed by atoms with van der Waals surface area (Å²) >= 11 is 0. The molecule has 0 unspecified atom stereocenters. The van der Waals surface area contributed by atoms with Gasteiger partial charge in [-0.25, -0.2) is 27.5 Å². The number of nitrogens with one attached hydrogen (secondary N) is 1. The Morgan fingerprint density at radius 1 is 1.13 bits per heavy atom. The minimum atomic E-state index is -2.96. The van der Waals surface area contributed by atoms with Gasteiger partial charge in [-0.3, -0.25) is 9.59 Å². The molecule has 1 amide bonds. The highest BCUT2D eigenvalue weighted by Gasteiger charge is 2.46. The van der Waals surface area contributed by atoms with Crippen LogP contribution in [0.1, 0.15) is 56.1 Å². The molecule has 2 aromatic heterocycles. The summed E-state index contributed by atoms with van der Waals surface area (Å²) in [4.78, 5) is 38.3. The predicted molar refractivity (Wildman–Crippen MR) is 140 cm³/mol. The summed E-state index contributed by atoms with van der Waals surface area (Å²) in [5.74, 6) is -0.440. The van der Waals surface area contributed by atoms with Gasteiger partial charge in [0, 0.05) is 44.9 Å². The number of hydrogen-bond donors (Lipinski definition) is 1. The van der Waals surface area contributed by atoms with Crippen molar-refractivity contribution in [2.75, 3.05) is 43.1 Å². The number of alkyl halides is 3. The van der Waals surface area contributed by atoms with E-state index in [1.54, 1.807) is 24.9 Å². The lowest BCUT2D eigenvalue weighted by molar-refractivity contribution is -0.129. The van der Waals surface area contributed by atoms with E-state index in [4.69, 9.17) is 0 Å². The van der Waals surface area contributed by atoms with E-state index < -0.39 is 36.1 Å². The van der Waals surface area contributed by atoms with E-state index in [0.717, 1.165) is 6.07 Å². The van der Waals surface area contributed by atoms with Crippen LogP contribution in [0.5, 0.6) is 0 Å². The number of pyridine rings is 1. The molecule has 12 heteroatoms. The summed E-state index contributed by atoms with van der Waals surface area (Å²) in [6.45, 7) is 5.69. The molecular formula is C27H30F4N6O2. The van der Waals surface area contributed by atoms with E-state index in [2.05, 4.69) is 15.3 Å². The zero-order valence-electron chi connectivity index (χ0n) is 22.0. The van der Waals surface area contributed by atoms with E-state index >= 15 is 0 Å². The molecule has 0 radical (unpaired) electrons. The van der Waals surface area contributed by atoms with Gasteiger partial charge in [-0.1, -0.05) is 18.2 Å². The monoisotopic (exact) mass is 546 g/mol. The van der Waals surface area contributed by atoms with Crippen molar-refractivity contribution >= 4 is 28.3 Å². The molecule has 1 saturated heterocycles. The second-order valence-electron chi connectivity index (χ2n) is 10.3. The largest absolute Gasteiger partial charge is 0.363 e. The van der Waals surface area contributed by atoms with Crippen molar-refractivity contribution in [1.82, 2.24) is 19.4 Å². The summed E-state index contributed by atoms with van der Waals surface area (Å²) in [7, 11) is 0. The van der Waals surface area contributed by atoms with Crippen LogP contribution < -0.4 is 15.8 Å². The first kappa shape index (κ1) is 26.9. The van der Waals surface area contributed by atoms with Crippen molar-refractivity contribution in [3.63, 3.8) is 0 Å². The molecule has 3 heterocycles. The van der Waals surface area contributed by atoms with Gasteiger partial charge < -0.3 is 19.7 Å². The zero-order chi connectivity index (χ0) is 28.1. The lowest BCUT2D eigenvalue weighted by atomic mass is 10.0. The van der Waals surface area contributed by atoms with Gasteiger partial charge in [0.25, 0.3) is 12.0 Å². The van der Waals surface area contributed by atoms with Crippen LogP contribution in [0.3, 0.4) is 0 Å². The highest BCUT2D eigenvalue weighted by molar-refractivity contribution is 5.97. The van der Waals surface area contributed by atoms with Gasteiger partial charge in [-0.2, -0.15) is 0 Å². The summed E-state index contributed by atoms with van der Waals surface area (Å²) in [6.07, 6.45) is -0.413. The first-order chi connectivity index (χ1) is 18.6. The van der Waals surface area contributed by atoms with Gasteiger partial charge >= 0.3 is 0 Å². The van der Waals surface area contributed by atoms with Crippen molar-refractivity contribution in [1.29, 1.82) is 0 Å². The number of halogens is 4. The molecule has 1 aliphatic heterocycles. The van der Waals surface area contributed by atoms with Crippen LogP contribution in [0.15, 0.2) is 29.2 Å². The molecule has 2 fully saturated rings. The van der Waals surface area contributed by atoms with Gasteiger partial charge in [-0.05, 0) is 26.7 Å². The van der Waals surface area contributed by atoms with E-state index in [0.29, 0.717) is 61.4 Å². The van der Waals surface area contributed by atoms with Crippen molar-refractivity contribution in [2.24, 2.45) is 0 Å². The molecule has 1 atom stereocenters. The highest BCUT2D eigenvalue weighted by Crippen LogP contribution is 2.44. The van der Waals surface area contributed by atoms with Gasteiger partial charge in [0.15, 0.2) is 0 Å². The van der Waals surface area contributed by atoms with Crippen molar-refractivity contribution in [3.8, 4) is 0 Å². The number of hydrogen-bond acceptors (Lipinski definition) is 6. The fraction of sp³-hybridized carbons (Fsp3) is 0.481. The number of anilines is 2. The Balaban J connectivity index is 1.63. The predicted octanol–water partition coefficient (Wildman–Crippen LogP) is 4.48. The lowest BCUT2D eigenvalue weighted by Crippen LogP contribution is -2.50. The standard InChI is InChI=1S/C27H30F4N6O2/c1-15(18-5-4-6-19(21(18)29)24(30)31)32-25-20-13-37(27(14-28)7-8-27)26(39)23(22(20)33-16(2)34-25)36-11-9-35(10-12-36)17(3)38/h4-6,13,15,24H,7-12,14H2,1-3H3,(H,32,33,34)/t15-/m1/s1. The van der Waals surface area contributed by atoms with Crippen molar-refractivity contribution < 1.29 is 22.4 Å². The fourth-order valence-electron chi connectivity index (χ4n) is 5.22. The normalized spacial score (nSPS) is 17.5. The molecule has 1 N–H and O–H groups in total. The van der Waals surface area contributed by atoms with E-state index in [1.165, 1.54) is 23.6 Å². The number of aromatic nitrogens is 3. The fourth-order valence-corrected chi connectivity index (χ4v) is 5.22. The number of carbonyl (C=O) groups is 1. The highest BCUT2D eigenvalue weighted by atomic mass is 19.3. The number of carbonyl (C=O) groups excluding carboxylic acids is 1. The number of amides is 1. The Morgan fingerprint density at radius 2 is 1.79 bits per heavy atom. The number of fused-ring (bicyclic) bond motifs is 1. The van der Waals surface area contributed by atoms with E-state index in [-0.39, 0.29) is 22.8 Å². The maximum Gasteiger partial charge on any atom is 0.276 e. The Morgan fingerprint density at radius 3 is 2.38 bits per heavy atom. The van der Waals surface area contributed by atoms with Crippen LogP contribution in [-0.4, -0.2) is 58.2 Å². The third kappa shape index (κ3) is 4.80. The van der Waals surface area contributed by atoms with Gasteiger partial charge in [0.1, 0.15) is 35.3 Å². The van der Waals surface area contributed by atoms with Crippen molar-refractivity contribution in [2.45, 2.75) is 51.6 Å². The molecule has 8 nitrogen and oxygen atoms in total. The average Bonchev–Trinajstić information content (AvgIpc) is 3.69. The zero-order valence-corrected chi connectivity index (χ0v) is 22.0. The maximum atomic E-state index is 14.9. The second-order valence-corrected chi connectivity index (χ2v) is 10.3. The first-order valence-electron chi connectivity index (χ1n) is 12.9. The summed E-state index contributed by atoms with van der Waals surface area (Å²) in [5, 5.41) is 3.55. The lowest BCUT2D eigenvalue weighted by Gasteiger charge is -2.36. The topological polar surface area (TPSA) is 83.4 Å². The van der Waals surface area contributed by atoms with Gasteiger partial charge in [0.2, 0.25) is 5.91 Å². The van der Waals surface area contributed by atoms with Gasteiger partial charge in [-0.15, -0.1) is 0 Å².